The molecule has 12 heavy (non-hydrogen) atoms. The van der Waals surface area contributed by atoms with Gasteiger partial charge in [-0.2, -0.15) is 0 Å². The lowest BCUT2D eigenvalue weighted by Crippen LogP contribution is -1.77. The number of allylic oxidation sites excluding steroid dienone is 3. The Hall–Kier alpha value is -1.57. The van der Waals surface area contributed by atoms with Gasteiger partial charge in [-0.25, -0.2) is 0 Å². The topological polar surface area (TPSA) is 30.2 Å². The number of carbonyl (C=O) groups is 1. The van der Waals surface area contributed by atoms with E-state index in [1.807, 2.05) is 12.1 Å². The Morgan fingerprint density at radius 1 is 1.50 bits per heavy atom. The second-order valence-corrected chi connectivity index (χ2v) is 2.34. The lowest BCUT2D eigenvalue weighted by atomic mass is 10.3. The van der Waals surface area contributed by atoms with E-state index in [2.05, 4.69) is 0 Å². The van der Waals surface area contributed by atoms with Crippen LogP contribution in [0, 0.1) is 0 Å². The van der Waals surface area contributed by atoms with Crippen molar-refractivity contribution in [3.63, 3.8) is 0 Å². The summed E-state index contributed by atoms with van der Waals surface area (Å²) in [6.07, 6.45) is 8.35. The molecule has 2 heteroatoms. The van der Waals surface area contributed by atoms with Crippen LogP contribution >= 0.6 is 0 Å². The number of rotatable bonds is 3. The maximum absolute atomic E-state index is 10.5. The van der Waals surface area contributed by atoms with Crippen LogP contribution in [0.15, 0.2) is 41.0 Å². The van der Waals surface area contributed by atoms with Crippen LogP contribution in [0.5, 0.6) is 0 Å². The molecule has 0 radical (unpaired) electrons. The lowest BCUT2D eigenvalue weighted by molar-refractivity contribution is -0.112. The highest BCUT2D eigenvalue weighted by molar-refractivity contribution is 5.87. The highest BCUT2D eigenvalue weighted by Crippen LogP contribution is 2.01. The first-order valence-electron chi connectivity index (χ1n) is 3.68. The van der Waals surface area contributed by atoms with Gasteiger partial charge in [-0.3, -0.25) is 4.79 Å². The van der Waals surface area contributed by atoms with Crippen molar-refractivity contribution < 1.29 is 9.21 Å². The number of ketones is 1. The fourth-order valence-corrected chi connectivity index (χ4v) is 0.728. The van der Waals surface area contributed by atoms with Crippen molar-refractivity contribution in [1.29, 1.82) is 0 Å². The Morgan fingerprint density at radius 2 is 2.33 bits per heavy atom. The van der Waals surface area contributed by atoms with Crippen molar-refractivity contribution in [1.82, 2.24) is 0 Å². The van der Waals surface area contributed by atoms with Crippen LogP contribution in [-0.2, 0) is 4.79 Å². The van der Waals surface area contributed by atoms with Gasteiger partial charge in [-0.05, 0) is 31.2 Å². The lowest BCUT2D eigenvalue weighted by Gasteiger charge is -1.79. The van der Waals surface area contributed by atoms with Crippen molar-refractivity contribution in [2.24, 2.45) is 0 Å². The highest BCUT2D eigenvalue weighted by atomic mass is 16.3. The van der Waals surface area contributed by atoms with Crippen LogP contribution in [0.25, 0.3) is 6.08 Å². The molecule has 0 aliphatic carbocycles. The molecular formula is C10H10O2. The second kappa shape index (κ2) is 4.34. The van der Waals surface area contributed by atoms with Crippen LogP contribution in [-0.4, -0.2) is 5.78 Å². The minimum atomic E-state index is 0.0408. The molecule has 0 aromatic carbocycles. The Kier molecular flexibility index (Phi) is 3.08. The number of hydrogen-bond donors (Lipinski definition) is 0. The van der Waals surface area contributed by atoms with Gasteiger partial charge in [-0.15, -0.1) is 0 Å². The molecule has 1 heterocycles. The maximum atomic E-state index is 10.5. The van der Waals surface area contributed by atoms with E-state index in [-0.39, 0.29) is 5.78 Å². The van der Waals surface area contributed by atoms with Gasteiger partial charge in [-0.1, -0.05) is 12.2 Å². The summed E-state index contributed by atoms with van der Waals surface area (Å²) in [4.78, 5) is 10.5. The number of carbonyl (C=O) groups excluding carboxylic acids is 1. The molecule has 0 saturated heterocycles. The zero-order valence-electron chi connectivity index (χ0n) is 6.86. The fourth-order valence-electron chi connectivity index (χ4n) is 0.728. The van der Waals surface area contributed by atoms with Gasteiger partial charge in [0, 0.05) is 0 Å². The molecule has 0 fully saturated rings. The van der Waals surface area contributed by atoms with Gasteiger partial charge in [0.2, 0.25) is 0 Å². The van der Waals surface area contributed by atoms with Crippen LogP contribution in [0.1, 0.15) is 12.7 Å². The monoisotopic (exact) mass is 162 g/mol. The molecule has 0 amide bonds. The Labute approximate surface area is 71.2 Å². The minimum absolute atomic E-state index is 0.0408. The van der Waals surface area contributed by atoms with Crippen molar-refractivity contribution in [3.05, 3.63) is 42.4 Å². The molecular weight excluding hydrogens is 152 g/mol. The maximum Gasteiger partial charge on any atom is 0.152 e. The van der Waals surface area contributed by atoms with Gasteiger partial charge in [0.25, 0.3) is 0 Å². The van der Waals surface area contributed by atoms with Gasteiger partial charge in [0.05, 0.1) is 6.26 Å². The van der Waals surface area contributed by atoms with Gasteiger partial charge < -0.3 is 4.42 Å². The summed E-state index contributed by atoms with van der Waals surface area (Å²) in [7, 11) is 0. The summed E-state index contributed by atoms with van der Waals surface area (Å²) >= 11 is 0. The van der Waals surface area contributed by atoms with Crippen molar-refractivity contribution in [2.75, 3.05) is 0 Å². The summed E-state index contributed by atoms with van der Waals surface area (Å²) in [5, 5.41) is 0. The third kappa shape index (κ3) is 3.01. The summed E-state index contributed by atoms with van der Waals surface area (Å²) in [5.41, 5.74) is 0. The molecule has 0 atom stereocenters. The largest absolute Gasteiger partial charge is 0.465 e. The molecule has 2 nitrogen and oxygen atoms in total. The standard InChI is InChI=1S/C10H10O2/c1-9(11)5-2-3-6-10-7-4-8-12-10/h2-8H,1H3/b5-2+,6-3-. The van der Waals surface area contributed by atoms with Crippen molar-refractivity contribution in [3.8, 4) is 0 Å². The molecule has 0 bridgehead atoms. The summed E-state index contributed by atoms with van der Waals surface area (Å²) < 4.78 is 5.03. The molecule has 1 aromatic rings. The minimum Gasteiger partial charge on any atom is -0.465 e. The molecule has 0 aliphatic rings. The third-order valence-corrected chi connectivity index (χ3v) is 1.25. The van der Waals surface area contributed by atoms with E-state index in [4.69, 9.17) is 4.42 Å². The van der Waals surface area contributed by atoms with E-state index >= 15 is 0 Å². The molecule has 1 rings (SSSR count). The molecule has 1 aromatic heterocycles. The normalized spacial score (nSPS) is 11.4. The average Bonchev–Trinajstić information content (AvgIpc) is 2.49. The third-order valence-electron chi connectivity index (χ3n) is 1.25. The predicted octanol–water partition coefficient (Wildman–Crippen LogP) is 2.44. The Bertz CT molecular complexity index is 292. The van der Waals surface area contributed by atoms with Gasteiger partial charge >= 0.3 is 0 Å². The van der Waals surface area contributed by atoms with Crippen LogP contribution in [0.3, 0.4) is 0 Å². The smallest absolute Gasteiger partial charge is 0.152 e. The van der Waals surface area contributed by atoms with Crippen molar-refractivity contribution in [2.45, 2.75) is 6.92 Å². The zero-order valence-corrected chi connectivity index (χ0v) is 6.86. The van der Waals surface area contributed by atoms with Crippen LogP contribution < -0.4 is 0 Å². The zero-order chi connectivity index (χ0) is 8.81. The number of hydrogen-bond acceptors (Lipinski definition) is 2. The van der Waals surface area contributed by atoms with Crippen LogP contribution in [0.4, 0.5) is 0 Å². The quantitative estimate of drug-likeness (QED) is 0.504. The van der Waals surface area contributed by atoms with Gasteiger partial charge in [0.1, 0.15) is 5.76 Å². The molecule has 0 saturated carbocycles. The van der Waals surface area contributed by atoms with E-state index in [1.54, 1.807) is 24.5 Å². The first kappa shape index (κ1) is 8.53. The first-order valence-corrected chi connectivity index (χ1v) is 3.68. The van der Waals surface area contributed by atoms with E-state index in [0.29, 0.717) is 0 Å². The van der Waals surface area contributed by atoms with E-state index < -0.39 is 0 Å². The summed E-state index contributed by atoms with van der Waals surface area (Å²) in [6, 6.07) is 3.66. The van der Waals surface area contributed by atoms with Crippen LogP contribution in [0.2, 0.25) is 0 Å². The molecule has 0 aliphatic heterocycles. The van der Waals surface area contributed by atoms with E-state index in [1.165, 1.54) is 13.0 Å². The van der Waals surface area contributed by atoms with Crippen molar-refractivity contribution >= 4 is 11.9 Å². The Morgan fingerprint density at radius 3 is 2.92 bits per heavy atom. The molecule has 0 spiro atoms. The summed E-state index contributed by atoms with van der Waals surface area (Å²) in [5.74, 6) is 0.822. The highest BCUT2D eigenvalue weighted by Gasteiger charge is 1.84. The molecule has 62 valence electrons. The summed E-state index contributed by atoms with van der Waals surface area (Å²) in [6.45, 7) is 1.51. The predicted molar refractivity (Wildman–Crippen MR) is 47.6 cm³/mol. The fraction of sp³-hybridized carbons (Fsp3) is 0.100. The first-order chi connectivity index (χ1) is 5.79. The molecule has 0 N–H and O–H groups in total. The van der Waals surface area contributed by atoms with E-state index in [0.717, 1.165) is 5.76 Å². The SMILES string of the molecule is CC(=O)/C=C/C=C\c1ccco1. The average molecular weight is 162 g/mol. The number of furan rings is 1. The second-order valence-electron chi connectivity index (χ2n) is 2.34. The van der Waals surface area contributed by atoms with E-state index in [9.17, 15) is 4.79 Å². The molecule has 0 unspecified atom stereocenters. The van der Waals surface area contributed by atoms with Gasteiger partial charge in [0.15, 0.2) is 5.78 Å². The Balaban J connectivity index is 2.47.